The number of nitrogens with zero attached hydrogens (tertiary/aromatic N) is 1. The van der Waals surface area contributed by atoms with Crippen LogP contribution in [0.5, 0.6) is 0 Å². The Balaban J connectivity index is 0.00000121. The Hall–Kier alpha value is -0.880. The van der Waals surface area contributed by atoms with Crippen LogP contribution in [-0.4, -0.2) is 32.7 Å². The minimum Gasteiger partial charge on any atom is -1.00 e. The highest BCUT2D eigenvalue weighted by Crippen LogP contribution is 2.45. The van der Waals surface area contributed by atoms with Gasteiger partial charge < -0.3 is 28.7 Å². The van der Waals surface area contributed by atoms with Crippen LogP contribution >= 0.6 is 0 Å². The van der Waals surface area contributed by atoms with Crippen molar-refractivity contribution in [3.63, 3.8) is 0 Å². The van der Waals surface area contributed by atoms with Gasteiger partial charge in [0.05, 0.1) is 26.6 Å². The molecule has 0 fully saturated rings. The van der Waals surface area contributed by atoms with E-state index in [2.05, 4.69) is 25.2 Å². The molecule has 1 aromatic carbocycles. The number of hydrogen-bond donors (Lipinski definition) is 0. The van der Waals surface area contributed by atoms with E-state index in [1.54, 1.807) is 0 Å². The van der Waals surface area contributed by atoms with E-state index in [0.717, 1.165) is 23.9 Å². The molecule has 0 saturated heterocycles. The van der Waals surface area contributed by atoms with Gasteiger partial charge in [-0.1, -0.05) is 12.1 Å². The molecule has 0 spiro atoms. The number of fused-ring (bicyclic) bond motifs is 1. The lowest BCUT2D eigenvalue weighted by Gasteiger charge is -2.29. The Kier molecular flexibility index (Phi) is 3.41. The highest BCUT2D eigenvalue weighted by atomic mass is 127. The van der Waals surface area contributed by atoms with E-state index in [1.807, 2.05) is 0 Å². The molecule has 0 radical (unpaired) electrons. The minimum atomic E-state index is -0.0783. The molecule has 3 aliphatic heterocycles. The number of para-hydroxylation sites is 1. The van der Waals surface area contributed by atoms with Crippen molar-refractivity contribution in [2.75, 3.05) is 26.7 Å². The lowest BCUT2D eigenvalue weighted by Crippen LogP contribution is -3.00. The second-order valence-electron chi connectivity index (χ2n) is 6.08. The molecule has 4 rings (SSSR count). The predicted molar refractivity (Wildman–Crippen MR) is 74.7 cm³/mol. The summed E-state index contributed by atoms with van der Waals surface area (Å²) in [6.07, 6.45) is 2.66. The smallest absolute Gasteiger partial charge is 0.310 e. The second kappa shape index (κ2) is 4.84. The van der Waals surface area contributed by atoms with Crippen molar-refractivity contribution in [2.24, 2.45) is 0 Å². The number of likely N-dealkylation sites (N-methyl/N-ethyl adjacent to an activating group) is 1. The normalized spacial score (nSPS) is 27.1. The van der Waals surface area contributed by atoms with E-state index in [4.69, 9.17) is 4.74 Å². The van der Waals surface area contributed by atoms with Crippen LogP contribution in [-0.2, 0) is 16.0 Å². The molecule has 1 atom stereocenters. The van der Waals surface area contributed by atoms with Crippen LogP contribution < -0.4 is 28.5 Å². The van der Waals surface area contributed by atoms with Crippen molar-refractivity contribution in [1.82, 2.24) is 4.48 Å². The molecule has 3 heterocycles. The van der Waals surface area contributed by atoms with Crippen LogP contribution in [0.4, 0.5) is 5.69 Å². The number of carbonyl (C=O) groups is 1. The zero-order valence-electron chi connectivity index (χ0n) is 11.6. The Bertz CT molecular complexity index is 623. The number of ether oxygens (including phenoxy) is 1. The van der Waals surface area contributed by atoms with Crippen LogP contribution in [0.25, 0.3) is 5.57 Å². The van der Waals surface area contributed by atoms with Crippen LogP contribution in [0.3, 0.4) is 0 Å². The Morgan fingerprint density at radius 3 is 2.85 bits per heavy atom. The first-order chi connectivity index (χ1) is 9.17. The van der Waals surface area contributed by atoms with Gasteiger partial charge >= 0.3 is 5.97 Å². The van der Waals surface area contributed by atoms with Crippen molar-refractivity contribution >= 4 is 17.2 Å². The summed E-state index contributed by atoms with van der Waals surface area (Å²) in [6, 6.07) is 6.58. The first-order valence-electron chi connectivity index (χ1n) is 7.01. The number of rotatable bonds is 0. The average molecular weight is 383 g/mol. The quantitative estimate of drug-likeness (QED) is 0.336. The van der Waals surface area contributed by atoms with Gasteiger partial charge in [-0.2, -0.15) is 0 Å². The third-order valence-corrected chi connectivity index (χ3v) is 4.92. The second-order valence-corrected chi connectivity index (χ2v) is 6.08. The van der Waals surface area contributed by atoms with Gasteiger partial charge in [0.2, 0.25) is 0 Å². The van der Waals surface area contributed by atoms with Gasteiger partial charge in [-0.25, -0.2) is 0 Å². The third kappa shape index (κ3) is 1.92. The number of quaternary nitrogens is 1. The molecule has 0 amide bonds. The fourth-order valence-electron chi connectivity index (χ4n) is 3.84. The number of cyclic esters (lactones) is 1. The lowest BCUT2D eigenvalue weighted by molar-refractivity contribution is -0.142. The van der Waals surface area contributed by atoms with Gasteiger partial charge in [-0.3, -0.25) is 9.28 Å². The van der Waals surface area contributed by atoms with Crippen LogP contribution in [0.1, 0.15) is 24.0 Å². The van der Waals surface area contributed by atoms with Gasteiger partial charge in [-0.05, 0) is 17.2 Å². The first-order valence-corrected chi connectivity index (χ1v) is 7.01. The predicted octanol–water partition coefficient (Wildman–Crippen LogP) is -0.712. The number of hydrogen-bond acceptors (Lipinski definition) is 2. The van der Waals surface area contributed by atoms with Gasteiger partial charge in [0.1, 0.15) is 12.3 Å². The third-order valence-electron chi connectivity index (χ3n) is 4.92. The molecule has 0 bridgehead atoms. The first kappa shape index (κ1) is 14.1. The molecule has 20 heavy (non-hydrogen) atoms. The summed E-state index contributed by atoms with van der Waals surface area (Å²) >= 11 is 0. The average Bonchev–Trinajstić information content (AvgIpc) is 2.69. The van der Waals surface area contributed by atoms with E-state index in [1.165, 1.54) is 34.5 Å². The van der Waals surface area contributed by atoms with Crippen molar-refractivity contribution < 1.29 is 33.5 Å². The summed E-state index contributed by atoms with van der Waals surface area (Å²) < 4.78 is 6.25. The summed E-state index contributed by atoms with van der Waals surface area (Å²) in [7, 11) is 2.33. The highest BCUT2D eigenvalue weighted by Gasteiger charge is 2.40. The summed E-state index contributed by atoms with van der Waals surface area (Å²) in [5.41, 5.74) is 6.81. The molecule has 1 aromatic rings. The topological polar surface area (TPSA) is 26.3 Å². The number of esters is 1. The molecule has 1 unspecified atom stereocenters. The molecule has 0 saturated carbocycles. The Labute approximate surface area is 136 Å². The van der Waals surface area contributed by atoms with Crippen molar-refractivity contribution in [2.45, 2.75) is 19.3 Å². The van der Waals surface area contributed by atoms with Gasteiger partial charge in [0, 0.05) is 24.0 Å². The van der Waals surface area contributed by atoms with Crippen LogP contribution in [0.15, 0.2) is 23.8 Å². The monoisotopic (exact) mass is 383 g/mol. The maximum atomic E-state index is 11.6. The fraction of sp³-hybridized carbons (Fsp3) is 0.438. The minimum absolute atomic E-state index is 0. The number of carbonyl (C=O) groups excluding carboxylic acids is 1. The molecular weight excluding hydrogens is 365 g/mol. The van der Waals surface area contributed by atoms with Crippen LogP contribution in [0.2, 0.25) is 0 Å². The Morgan fingerprint density at radius 1 is 1.20 bits per heavy atom. The molecule has 106 valence electrons. The number of benzene rings is 1. The molecule has 0 aliphatic carbocycles. The SMILES string of the molecule is C[N+]12CCC3=C(CC(=O)OC3)c3cccc(c31)CC2.[I-]. The van der Waals surface area contributed by atoms with Crippen molar-refractivity contribution in [3.8, 4) is 0 Å². The fourth-order valence-corrected chi connectivity index (χ4v) is 3.84. The molecular formula is C16H18INO2. The van der Waals surface area contributed by atoms with E-state index >= 15 is 0 Å². The summed E-state index contributed by atoms with van der Waals surface area (Å²) in [5.74, 6) is -0.0783. The van der Waals surface area contributed by atoms with Crippen molar-refractivity contribution in [3.05, 3.63) is 34.9 Å². The zero-order chi connectivity index (χ0) is 13.0. The maximum absolute atomic E-state index is 11.6. The highest BCUT2D eigenvalue weighted by molar-refractivity contribution is 5.93. The molecule has 0 N–H and O–H groups in total. The lowest BCUT2D eigenvalue weighted by atomic mass is 9.92. The van der Waals surface area contributed by atoms with Crippen LogP contribution in [0, 0.1) is 0 Å². The molecule has 4 heteroatoms. The van der Waals surface area contributed by atoms with E-state index in [9.17, 15) is 4.79 Å². The largest absolute Gasteiger partial charge is 1.00 e. The molecule has 3 aliphatic rings. The standard InChI is InChI=1S/C16H18NO2.HI/c1-17-7-5-11-3-2-4-13(16(11)17)14-9-15(18)19-10-12(14)6-8-17;/h2-4H,5-10H2,1H3;1H/q+1;/p-1. The summed E-state index contributed by atoms with van der Waals surface area (Å²) in [6.45, 7) is 2.81. The van der Waals surface area contributed by atoms with E-state index in [0.29, 0.717) is 13.0 Å². The summed E-state index contributed by atoms with van der Waals surface area (Å²) in [4.78, 5) is 11.6. The van der Waals surface area contributed by atoms with Gasteiger partial charge in [0.15, 0.2) is 0 Å². The maximum Gasteiger partial charge on any atom is 0.310 e. The van der Waals surface area contributed by atoms with Crippen molar-refractivity contribution in [1.29, 1.82) is 0 Å². The van der Waals surface area contributed by atoms with E-state index < -0.39 is 0 Å². The molecule has 3 nitrogen and oxygen atoms in total. The molecule has 0 aromatic heterocycles. The zero-order valence-corrected chi connectivity index (χ0v) is 13.8. The van der Waals surface area contributed by atoms with E-state index in [-0.39, 0.29) is 29.9 Å². The van der Waals surface area contributed by atoms with Gasteiger partial charge in [0.25, 0.3) is 0 Å². The summed E-state index contributed by atoms with van der Waals surface area (Å²) in [5, 5.41) is 0. The Morgan fingerprint density at radius 2 is 2.00 bits per heavy atom. The number of halogens is 1. The van der Waals surface area contributed by atoms with Gasteiger partial charge in [-0.15, -0.1) is 0 Å².